The van der Waals surface area contributed by atoms with Gasteiger partial charge in [-0.25, -0.2) is 9.97 Å². The third-order valence-corrected chi connectivity index (χ3v) is 2.11. The first-order valence-corrected chi connectivity index (χ1v) is 5.05. The number of hydrogen-bond donors (Lipinski definition) is 2. The van der Waals surface area contributed by atoms with Gasteiger partial charge >= 0.3 is 0 Å². The highest BCUT2D eigenvalue weighted by Gasteiger charge is 2.08. The number of aromatic amines is 1. The monoisotopic (exact) mass is 246 g/mol. The van der Waals surface area contributed by atoms with E-state index in [9.17, 15) is 9.59 Å². The quantitative estimate of drug-likeness (QED) is 0.818. The first-order chi connectivity index (χ1) is 8.69. The van der Waals surface area contributed by atoms with Crippen LogP contribution in [0.1, 0.15) is 10.5 Å². The van der Waals surface area contributed by atoms with Crippen molar-refractivity contribution in [1.82, 2.24) is 15.0 Å². The molecule has 0 saturated carbocycles. The lowest BCUT2D eigenvalue weighted by Gasteiger charge is -2.04. The molecule has 0 bridgehead atoms. The summed E-state index contributed by atoms with van der Waals surface area (Å²) < 4.78 is 4.89. The molecule has 0 fully saturated rings. The second-order valence-corrected chi connectivity index (χ2v) is 3.34. The van der Waals surface area contributed by atoms with Crippen molar-refractivity contribution in [3.8, 4) is 5.88 Å². The zero-order valence-electron chi connectivity index (χ0n) is 9.51. The van der Waals surface area contributed by atoms with E-state index in [1.54, 1.807) is 12.1 Å². The van der Waals surface area contributed by atoms with Crippen molar-refractivity contribution in [2.24, 2.45) is 0 Å². The molecular weight excluding hydrogens is 236 g/mol. The van der Waals surface area contributed by atoms with Crippen LogP contribution in [0.4, 0.5) is 5.69 Å². The molecule has 2 N–H and O–H groups in total. The van der Waals surface area contributed by atoms with E-state index in [-0.39, 0.29) is 11.3 Å². The third kappa shape index (κ3) is 2.70. The number of hydrogen-bond acceptors (Lipinski definition) is 5. The van der Waals surface area contributed by atoms with Crippen LogP contribution < -0.4 is 15.6 Å². The lowest BCUT2D eigenvalue weighted by Crippen LogP contribution is -2.17. The number of nitrogens with one attached hydrogen (secondary N) is 2. The van der Waals surface area contributed by atoms with Crippen LogP contribution in [0.5, 0.6) is 5.88 Å². The molecule has 0 spiro atoms. The fourth-order valence-corrected chi connectivity index (χ4v) is 1.26. The number of methoxy groups -OCH3 is 1. The molecule has 7 nitrogen and oxygen atoms in total. The number of rotatable bonds is 3. The van der Waals surface area contributed by atoms with Gasteiger partial charge in [0.05, 0.1) is 25.3 Å². The summed E-state index contributed by atoms with van der Waals surface area (Å²) >= 11 is 0. The van der Waals surface area contributed by atoms with Crippen LogP contribution in [0.15, 0.2) is 35.5 Å². The van der Waals surface area contributed by atoms with Crippen molar-refractivity contribution in [3.05, 3.63) is 46.8 Å². The summed E-state index contributed by atoms with van der Waals surface area (Å²) in [5.74, 6) is -0.0321. The highest BCUT2D eigenvalue weighted by molar-refractivity contribution is 6.02. The van der Waals surface area contributed by atoms with E-state index in [0.29, 0.717) is 11.6 Å². The number of carbonyl (C=O) groups is 1. The lowest BCUT2D eigenvalue weighted by molar-refractivity contribution is 0.102. The second-order valence-electron chi connectivity index (χ2n) is 3.34. The van der Waals surface area contributed by atoms with Crippen LogP contribution in [0.2, 0.25) is 0 Å². The van der Waals surface area contributed by atoms with Crippen LogP contribution in [-0.4, -0.2) is 28.0 Å². The average molecular weight is 246 g/mol. The molecule has 2 aromatic heterocycles. The van der Waals surface area contributed by atoms with E-state index in [4.69, 9.17) is 4.74 Å². The van der Waals surface area contributed by atoms with Crippen molar-refractivity contribution in [2.75, 3.05) is 12.4 Å². The number of ether oxygens (including phenoxy) is 1. The Balaban J connectivity index is 2.13. The van der Waals surface area contributed by atoms with Crippen LogP contribution >= 0.6 is 0 Å². The Labute approximate surface area is 102 Å². The molecule has 0 aliphatic carbocycles. The summed E-state index contributed by atoms with van der Waals surface area (Å²) in [6.45, 7) is 0. The number of aromatic nitrogens is 3. The van der Waals surface area contributed by atoms with Crippen molar-refractivity contribution >= 4 is 11.6 Å². The Morgan fingerprint density at radius 2 is 2.22 bits per heavy atom. The van der Waals surface area contributed by atoms with Crippen LogP contribution in [-0.2, 0) is 0 Å². The molecule has 2 aromatic rings. The maximum Gasteiger partial charge on any atom is 0.274 e. The fourth-order valence-electron chi connectivity index (χ4n) is 1.26. The van der Waals surface area contributed by atoms with Crippen molar-refractivity contribution in [2.45, 2.75) is 0 Å². The highest BCUT2D eigenvalue weighted by atomic mass is 16.5. The van der Waals surface area contributed by atoms with Crippen molar-refractivity contribution in [3.63, 3.8) is 0 Å². The first-order valence-electron chi connectivity index (χ1n) is 5.05. The third-order valence-electron chi connectivity index (χ3n) is 2.11. The van der Waals surface area contributed by atoms with Gasteiger partial charge < -0.3 is 15.0 Å². The normalized spacial score (nSPS) is 9.83. The topological polar surface area (TPSA) is 97.0 Å². The Bertz CT molecular complexity index is 606. The van der Waals surface area contributed by atoms with E-state index in [1.165, 1.54) is 19.6 Å². The minimum absolute atomic E-state index is 0.0366. The molecule has 0 unspecified atom stereocenters. The summed E-state index contributed by atoms with van der Waals surface area (Å²) in [5, 5.41) is 2.56. The molecule has 7 heteroatoms. The zero-order valence-corrected chi connectivity index (χ0v) is 9.51. The molecule has 2 heterocycles. The van der Waals surface area contributed by atoms with Gasteiger partial charge in [-0.05, 0) is 6.07 Å². The number of nitrogens with zero attached hydrogens (tertiary/aromatic N) is 2. The first kappa shape index (κ1) is 11.8. The molecule has 2 rings (SSSR count). The molecule has 0 atom stereocenters. The standard InChI is InChI=1S/C11H10N4O3/c1-18-10-3-2-7(5-12-10)15-11(17)8-4-9(16)14-6-13-8/h2-6H,1H3,(H,15,17)(H,13,14,16). The summed E-state index contributed by atoms with van der Waals surface area (Å²) in [4.78, 5) is 32.8. The number of anilines is 1. The smallest absolute Gasteiger partial charge is 0.274 e. The van der Waals surface area contributed by atoms with Gasteiger partial charge in [-0.3, -0.25) is 9.59 Å². The van der Waals surface area contributed by atoms with Gasteiger partial charge in [-0.2, -0.15) is 0 Å². The maximum atomic E-state index is 11.7. The lowest BCUT2D eigenvalue weighted by atomic mass is 10.3. The van der Waals surface area contributed by atoms with Gasteiger partial charge in [0, 0.05) is 12.1 Å². The average Bonchev–Trinajstić information content (AvgIpc) is 2.39. The molecule has 0 radical (unpaired) electrons. The van der Waals surface area contributed by atoms with Gasteiger partial charge in [0.2, 0.25) is 5.88 Å². The fraction of sp³-hybridized carbons (Fsp3) is 0.0909. The Morgan fingerprint density at radius 1 is 1.39 bits per heavy atom. The van der Waals surface area contributed by atoms with Crippen molar-refractivity contribution in [1.29, 1.82) is 0 Å². The molecule has 18 heavy (non-hydrogen) atoms. The Kier molecular flexibility index (Phi) is 3.33. The largest absolute Gasteiger partial charge is 0.481 e. The SMILES string of the molecule is COc1ccc(NC(=O)c2cc(=O)[nH]cn2)cn1. The Morgan fingerprint density at radius 3 is 2.83 bits per heavy atom. The van der Waals surface area contributed by atoms with Crippen molar-refractivity contribution < 1.29 is 9.53 Å². The molecule has 1 amide bonds. The summed E-state index contributed by atoms with van der Waals surface area (Å²) in [5.41, 5.74) is 0.139. The number of amides is 1. The molecule has 0 aliphatic heterocycles. The predicted molar refractivity (Wildman–Crippen MR) is 63.6 cm³/mol. The van der Waals surface area contributed by atoms with E-state index < -0.39 is 5.91 Å². The molecular formula is C11H10N4O3. The van der Waals surface area contributed by atoms with Gasteiger partial charge in [0.1, 0.15) is 5.69 Å². The molecule has 92 valence electrons. The van der Waals surface area contributed by atoms with Crippen LogP contribution in [0.25, 0.3) is 0 Å². The predicted octanol–water partition coefficient (Wildman–Crippen LogP) is 0.426. The summed E-state index contributed by atoms with van der Waals surface area (Å²) in [6.07, 6.45) is 2.62. The highest BCUT2D eigenvalue weighted by Crippen LogP contribution is 2.11. The minimum Gasteiger partial charge on any atom is -0.481 e. The molecule has 0 aliphatic rings. The zero-order chi connectivity index (χ0) is 13.0. The summed E-state index contributed by atoms with van der Waals surface area (Å²) in [7, 11) is 1.50. The van der Waals surface area contributed by atoms with Gasteiger partial charge in [-0.1, -0.05) is 0 Å². The van der Waals surface area contributed by atoms with Gasteiger partial charge in [0.15, 0.2) is 0 Å². The van der Waals surface area contributed by atoms with E-state index in [0.717, 1.165) is 6.07 Å². The van der Waals surface area contributed by atoms with Crippen LogP contribution in [0.3, 0.4) is 0 Å². The van der Waals surface area contributed by atoms with Gasteiger partial charge in [0.25, 0.3) is 11.5 Å². The maximum absolute atomic E-state index is 11.7. The van der Waals surface area contributed by atoms with E-state index in [1.807, 2.05) is 0 Å². The van der Waals surface area contributed by atoms with E-state index in [2.05, 4.69) is 20.3 Å². The number of H-pyrrole nitrogens is 1. The van der Waals surface area contributed by atoms with Crippen LogP contribution in [0, 0.1) is 0 Å². The number of carbonyl (C=O) groups excluding carboxylic acids is 1. The van der Waals surface area contributed by atoms with E-state index >= 15 is 0 Å². The second kappa shape index (κ2) is 5.09. The van der Waals surface area contributed by atoms with Gasteiger partial charge in [-0.15, -0.1) is 0 Å². The number of pyridine rings is 1. The molecule has 0 saturated heterocycles. The molecule has 0 aromatic carbocycles. The summed E-state index contributed by atoms with van der Waals surface area (Å²) in [6, 6.07) is 4.37. The minimum atomic E-state index is -0.479. The Hall–Kier alpha value is -2.70.